The number of rotatable bonds is 0. The van der Waals surface area contributed by atoms with Crippen LogP contribution < -0.4 is 0 Å². The maximum atomic E-state index is 5.80. The number of nitrogens with zero attached hydrogens (tertiary/aromatic N) is 2. The van der Waals surface area contributed by atoms with Crippen LogP contribution in [-0.4, -0.2) is 115 Å². The van der Waals surface area contributed by atoms with E-state index in [2.05, 4.69) is 9.80 Å². The van der Waals surface area contributed by atoms with E-state index in [0.29, 0.717) is 26.4 Å². The summed E-state index contributed by atoms with van der Waals surface area (Å²) in [6, 6.07) is 0. The number of hydrogen-bond acceptors (Lipinski definition) is 7. The second-order valence-electron chi connectivity index (χ2n) is 5.75. The SMILES string of the molecule is C1COCCN2CCOCCOCCN(CCO1)CCOCC2.[Ag+]. The van der Waals surface area contributed by atoms with E-state index in [-0.39, 0.29) is 22.4 Å². The summed E-state index contributed by atoms with van der Waals surface area (Å²) in [7, 11) is 0. The van der Waals surface area contributed by atoms with E-state index >= 15 is 0 Å². The predicted molar refractivity (Wildman–Crippen MR) is 87.0 cm³/mol. The first kappa shape index (κ1) is 22.5. The monoisotopic (exact) mass is 439 g/mol. The zero-order valence-corrected chi connectivity index (χ0v) is 16.0. The van der Waals surface area contributed by atoms with Gasteiger partial charge in [0.2, 0.25) is 0 Å². The molecule has 8 heteroatoms. The number of fused-ring (bicyclic) bond motifs is 6. The third-order valence-electron chi connectivity index (χ3n) is 4.06. The van der Waals surface area contributed by atoms with Crippen molar-refractivity contribution in [3.8, 4) is 0 Å². The number of ether oxygens (including phenoxy) is 5. The predicted octanol–water partition coefficient (Wildman–Crippen LogP) is -0.302. The normalized spacial score (nSPS) is 30.0. The van der Waals surface area contributed by atoms with E-state index in [1.165, 1.54) is 0 Å². The van der Waals surface area contributed by atoms with E-state index in [1.807, 2.05) is 0 Å². The maximum absolute atomic E-state index is 5.80. The van der Waals surface area contributed by atoms with Gasteiger partial charge in [0.25, 0.3) is 0 Å². The minimum atomic E-state index is 0. The molecule has 146 valence electrons. The maximum Gasteiger partial charge on any atom is 1.00 e. The smallest absolute Gasteiger partial charge is 0.379 e. The van der Waals surface area contributed by atoms with Crippen LogP contribution in [0.1, 0.15) is 0 Å². The van der Waals surface area contributed by atoms with Crippen molar-refractivity contribution in [2.24, 2.45) is 0 Å². The van der Waals surface area contributed by atoms with Crippen molar-refractivity contribution in [2.45, 2.75) is 0 Å². The summed E-state index contributed by atoms with van der Waals surface area (Å²) in [6.07, 6.45) is 0. The molecule has 0 radical (unpaired) electrons. The summed E-state index contributed by atoms with van der Waals surface area (Å²) < 4.78 is 28.4. The van der Waals surface area contributed by atoms with Gasteiger partial charge >= 0.3 is 22.4 Å². The molecular weight excluding hydrogens is 408 g/mol. The Kier molecular flexibility index (Phi) is 14.7. The Morgan fingerprint density at radius 2 is 0.542 bits per heavy atom. The molecule has 0 unspecified atom stereocenters. The van der Waals surface area contributed by atoms with Crippen LogP contribution in [0.25, 0.3) is 0 Å². The fourth-order valence-electron chi connectivity index (χ4n) is 2.58. The minimum absolute atomic E-state index is 0. The standard InChI is InChI=1S/C16H32N2O5.Ag/c1-7-19-8-2-18-5-11-22-15-13-20-9-3-17(1)4-10-21-14-16-23-12-6-18;/h1-16H2;/q;+1. The Labute approximate surface area is 161 Å². The van der Waals surface area contributed by atoms with Gasteiger partial charge in [0.05, 0.1) is 66.1 Å². The van der Waals surface area contributed by atoms with E-state index in [1.54, 1.807) is 0 Å². The molecule has 0 saturated carbocycles. The van der Waals surface area contributed by atoms with Crippen molar-refractivity contribution < 1.29 is 46.1 Å². The van der Waals surface area contributed by atoms with Crippen LogP contribution in [0.4, 0.5) is 0 Å². The largest absolute Gasteiger partial charge is 1.00 e. The summed E-state index contributed by atoms with van der Waals surface area (Å²) in [5.74, 6) is 0. The molecule has 0 spiro atoms. The van der Waals surface area contributed by atoms with Gasteiger partial charge in [0.1, 0.15) is 0 Å². The molecule has 2 bridgehead atoms. The third-order valence-corrected chi connectivity index (χ3v) is 4.06. The first-order chi connectivity index (χ1) is 11.4. The summed E-state index contributed by atoms with van der Waals surface area (Å²) in [5, 5.41) is 0. The molecule has 2 heterocycles. The zero-order valence-electron chi connectivity index (χ0n) is 14.6. The van der Waals surface area contributed by atoms with Crippen LogP contribution in [0.3, 0.4) is 0 Å². The van der Waals surface area contributed by atoms with Crippen molar-refractivity contribution in [1.82, 2.24) is 9.80 Å². The van der Waals surface area contributed by atoms with Gasteiger partial charge < -0.3 is 23.7 Å². The molecule has 0 atom stereocenters. The van der Waals surface area contributed by atoms with Crippen LogP contribution in [0.15, 0.2) is 0 Å². The molecule has 0 aromatic carbocycles. The topological polar surface area (TPSA) is 52.6 Å². The fourth-order valence-corrected chi connectivity index (χ4v) is 2.58. The van der Waals surface area contributed by atoms with Gasteiger partial charge in [-0.1, -0.05) is 0 Å². The molecule has 2 aliphatic heterocycles. The average Bonchev–Trinajstić information content (AvgIpc) is 2.57. The molecule has 0 aromatic rings. The second kappa shape index (κ2) is 15.7. The first-order valence-electron chi connectivity index (χ1n) is 8.78. The molecule has 24 heavy (non-hydrogen) atoms. The third kappa shape index (κ3) is 11.1. The molecule has 0 aliphatic carbocycles. The van der Waals surface area contributed by atoms with Crippen molar-refractivity contribution in [3.63, 3.8) is 0 Å². The van der Waals surface area contributed by atoms with Crippen LogP contribution in [0.5, 0.6) is 0 Å². The van der Waals surface area contributed by atoms with Gasteiger partial charge in [-0.3, -0.25) is 9.80 Å². The van der Waals surface area contributed by atoms with E-state index in [4.69, 9.17) is 23.7 Å². The average molecular weight is 440 g/mol. The fraction of sp³-hybridized carbons (Fsp3) is 1.00. The molecule has 2 fully saturated rings. The summed E-state index contributed by atoms with van der Waals surface area (Å²) in [4.78, 5) is 4.66. The van der Waals surface area contributed by atoms with Crippen LogP contribution >= 0.6 is 0 Å². The molecule has 2 rings (SSSR count). The van der Waals surface area contributed by atoms with Gasteiger partial charge in [-0.15, -0.1) is 0 Å². The van der Waals surface area contributed by atoms with Gasteiger partial charge in [-0.05, 0) is 0 Å². The summed E-state index contributed by atoms with van der Waals surface area (Å²) in [5.41, 5.74) is 0. The Balaban J connectivity index is 0.00000288. The molecule has 2 saturated heterocycles. The Morgan fingerprint density at radius 3 is 0.792 bits per heavy atom. The molecule has 0 aromatic heterocycles. The van der Waals surface area contributed by atoms with E-state index < -0.39 is 0 Å². The molecular formula is C16H32AgN2O5+. The minimum Gasteiger partial charge on any atom is -0.379 e. The van der Waals surface area contributed by atoms with Crippen LogP contribution in [0.2, 0.25) is 0 Å². The molecule has 2 aliphatic rings. The van der Waals surface area contributed by atoms with Crippen LogP contribution in [0, 0.1) is 0 Å². The Hall–Kier alpha value is 0.460. The van der Waals surface area contributed by atoms with Gasteiger partial charge in [-0.2, -0.15) is 0 Å². The van der Waals surface area contributed by atoms with E-state index in [9.17, 15) is 0 Å². The van der Waals surface area contributed by atoms with Gasteiger partial charge in [0, 0.05) is 39.3 Å². The Morgan fingerprint density at radius 1 is 0.333 bits per heavy atom. The van der Waals surface area contributed by atoms with Crippen LogP contribution in [-0.2, 0) is 46.1 Å². The summed E-state index contributed by atoms with van der Waals surface area (Å²) >= 11 is 0. The quantitative estimate of drug-likeness (QED) is 0.379. The molecule has 0 amide bonds. The molecule has 7 nitrogen and oxygen atoms in total. The first-order valence-corrected chi connectivity index (χ1v) is 8.78. The van der Waals surface area contributed by atoms with Gasteiger partial charge in [-0.25, -0.2) is 0 Å². The zero-order chi connectivity index (χ0) is 16.0. The van der Waals surface area contributed by atoms with E-state index in [0.717, 1.165) is 78.9 Å². The summed E-state index contributed by atoms with van der Waals surface area (Å²) in [6.45, 7) is 12.4. The van der Waals surface area contributed by atoms with Gasteiger partial charge in [0.15, 0.2) is 0 Å². The second-order valence-corrected chi connectivity index (χ2v) is 5.75. The van der Waals surface area contributed by atoms with Crippen molar-refractivity contribution >= 4 is 0 Å². The van der Waals surface area contributed by atoms with Crippen molar-refractivity contribution in [1.29, 1.82) is 0 Å². The number of hydrogen-bond donors (Lipinski definition) is 0. The Bertz CT molecular complexity index is 243. The van der Waals surface area contributed by atoms with Crippen molar-refractivity contribution in [2.75, 3.05) is 105 Å². The van der Waals surface area contributed by atoms with Crippen molar-refractivity contribution in [3.05, 3.63) is 0 Å². The molecule has 0 N–H and O–H groups in total.